The third-order valence-corrected chi connectivity index (χ3v) is 22.2. The van der Waals surface area contributed by atoms with Crippen LogP contribution in [0.4, 0.5) is 38.9 Å². The van der Waals surface area contributed by atoms with E-state index >= 15 is 0 Å². The van der Waals surface area contributed by atoms with Crippen molar-refractivity contribution in [2.24, 2.45) is 23.5 Å². The number of halogens is 1. The number of nitrogens with two attached hydrogens (primary N) is 1. The number of aliphatic hydroxyl groups excluding tert-OH is 2. The molecule has 3 aromatic heterocycles. The molecular weight excluding hydrogens is 1450 g/mol. The molecule has 0 radical (unpaired) electrons. The van der Waals surface area contributed by atoms with Gasteiger partial charge in [0.05, 0.1) is 50.2 Å². The quantitative estimate of drug-likeness (QED) is 0.0462. The number of methoxy groups -OCH3 is 1. The number of likely N-dealkylation sites (tertiary alicyclic amines) is 2. The average Bonchev–Trinajstić information content (AvgIpc) is 0.892. The fraction of sp³-hybridized carbons (Fsp3) is 0.578. The summed E-state index contributed by atoms with van der Waals surface area (Å²) in [6, 6.07) is 22.3. The smallest absolute Gasteiger partial charge is 0.410 e. The number of fused-ring (bicyclic) bond motifs is 3. The van der Waals surface area contributed by atoms with Crippen LogP contribution >= 0.6 is 11.6 Å². The Morgan fingerprint density at radius 3 is 1.29 bits per heavy atom. The molecule has 28 nitrogen and oxygen atoms in total. The zero-order valence-electron chi connectivity index (χ0n) is 65.8. The van der Waals surface area contributed by atoms with Crippen LogP contribution in [0.15, 0.2) is 91.4 Å². The second kappa shape index (κ2) is 38.2. The standard InChI is InChI=1S/C29H39N5O5.C25H33N5O3.C24H29ClN4O4.C5H11NO/c1-29(2,3)39-28(37)33-14-10-19(11-15-33)18-34(26(36)21-7-8-24-20(17-21)12-16-38-24)25-9-13-30-27(32-25)31-22-5-4-6-23(22)35;1-32-22-4-2-3-20(22)28-25-27-13-9-23(29-25)30(16-17-7-11-26-12-8-17)24(31)19-5-6-21-18(15-19)10-14-33-21;1-24(2,3)33-23(31)28-11-7-16(8-12-28)15-29(20-6-10-26-22(25)27-20)21(30)18-4-5-19-17(14-18)9-13-32-19;6-4-2-1-3-5(4)7/h7-9,13,17,19,22-23,35H,4-6,10-12,14-16,18H2,1-3H3,(H,30,31,32);5-6,9,13,15,17,20,22,26H,2-4,7-8,10-12,14,16H2,1H3,(H,27,28,29);4-6,10,14,16H,7-9,11-13,15H2,1-3H3;4-5,7H,1-3,6H2/t22?,23-;20?,22-;;4?,5-/m00.0/s1. The lowest BCUT2D eigenvalue weighted by atomic mass is 9.96. The Morgan fingerprint density at radius 1 is 0.518 bits per heavy atom. The SMILES string of the molecule is CC(C)(C)OC(=O)N1CCC(CN(C(=O)c2ccc3c(c2)CCO3)c2ccnc(Cl)n2)CC1.CC(C)(C)OC(=O)N1CCC(CN(C(=O)c2ccc3c(c2)CCO3)c2ccnc(NC3CCC[C@@H]3O)n2)CC1.CO[C@H]1CCCC1Nc1nccc(N(CC2CCNCC2)C(=O)c2ccc3c(c2)CCO3)n1.NC1CCC[C@@H]1O. The number of aromatic nitrogens is 6. The van der Waals surface area contributed by atoms with E-state index in [0.29, 0.717) is 118 Å². The van der Waals surface area contributed by atoms with Crippen LogP contribution < -0.4 is 50.6 Å². The zero-order valence-corrected chi connectivity index (χ0v) is 66.6. The number of rotatable bonds is 17. The number of benzene rings is 3. The molecule has 3 aliphatic carbocycles. The first-order valence-electron chi connectivity index (χ1n) is 40.1. The number of hydrogen-bond acceptors (Lipinski definition) is 23. The second-order valence-electron chi connectivity index (χ2n) is 32.6. The molecule has 3 unspecified atom stereocenters. The predicted octanol–water partition coefficient (Wildman–Crippen LogP) is 11.3. The van der Waals surface area contributed by atoms with Gasteiger partial charge in [-0.3, -0.25) is 29.1 Å². The molecule has 15 rings (SSSR count). The number of piperidine rings is 3. The van der Waals surface area contributed by atoms with Gasteiger partial charge < -0.3 is 70.1 Å². The first-order valence-corrected chi connectivity index (χ1v) is 40.5. The van der Waals surface area contributed by atoms with Gasteiger partial charge in [-0.05, 0) is 270 Å². The van der Waals surface area contributed by atoms with Crippen molar-refractivity contribution in [3.05, 3.63) is 130 Å². The number of hydrogen-bond donors (Lipinski definition) is 6. The molecule has 0 spiro atoms. The summed E-state index contributed by atoms with van der Waals surface area (Å²) >= 11 is 6.03. The van der Waals surface area contributed by atoms with Gasteiger partial charge in [0.1, 0.15) is 45.9 Å². The zero-order chi connectivity index (χ0) is 79.1. The van der Waals surface area contributed by atoms with Crippen LogP contribution in [0.25, 0.3) is 0 Å². The van der Waals surface area contributed by atoms with Gasteiger partial charge >= 0.3 is 12.2 Å². The lowest BCUT2D eigenvalue weighted by Crippen LogP contribution is -2.45. The van der Waals surface area contributed by atoms with E-state index in [2.05, 4.69) is 35.9 Å². The number of nitrogens with one attached hydrogen (secondary N) is 3. The van der Waals surface area contributed by atoms with Crippen LogP contribution in [-0.2, 0) is 33.5 Å². The number of anilines is 5. The summed E-state index contributed by atoms with van der Waals surface area (Å²) in [5, 5.41) is 29.3. The number of carbonyl (C=O) groups is 5. The maximum atomic E-state index is 13.9. The van der Waals surface area contributed by atoms with E-state index in [-0.39, 0.29) is 77.4 Å². The molecule has 6 aliphatic heterocycles. The molecule has 6 fully saturated rings. The van der Waals surface area contributed by atoms with E-state index in [1.54, 1.807) is 69.6 Å². The minimum atomic E-state index is -0.536. The lowest BCUT2D eigenvalue weighted by Gasteiger charge is -2.35. The number of carbonyl (C=O) groups excluding carboxylic acids is 5. The van der Waals surface area contributed by atoms with Gasteiger partial charge in [-0.15, -0.1) is 0 Å². The van der Waals surface area contributed by atoms with Gasteiger partial charge in [-0.25, -0.2) is 29.5 Å². The number of ether oxygens (including phenoxy) is 6. The summed E-state index contributed by atoms with van der Waals surface area (Å²) in [5.74, 6) is 5.64. The van der Waals surface area contributed by atoms with Crippen molar-refractivity contribution in [2.75, 3.05) is 111 Å². The molecule has 112 heavy (non-hydrogen) atoms. The highest BCUT2D eigenvalue weighted by molar-refractivity contribution is 6.28. The van der Waals surface area contributed by atoms with Crippen molar-refractivity contribution in [1.29, 1.82) is 0 Å². The van der Waals surface area contributed by atoms with Crippen LogP contribution in [0.1, 0.15) is 186 Å². The number of amides is 5. The molecule has 0 bridgehead atoms. The normalized spacial score (nSPS) is 21.5. The van der Waals surface area contributed by atoms with Crippen LogP contribution in [0.2, 0.25) is 5.28 Å². The maximum absolute atomic E-state index is 13.9. The van der Waals surface area contributed by atoms with Gasteiger partial charge in [0.2, 0.25) is 17.2 Å². The van der Waals surface area contributed by atoms with Gasteiger partial charge in [-0.2, -0.15) is 9.97 Å². The molecule has 3 saturated carbocycles. The molecule has 9 heterocycles. The summed E-state index contributed by atoms with van der Waals surface area (Å²) in [4.78, 5) is 101. The van der Waals surface area contributed by atoms with E-state index in [1.807, 2.05) is 95.0 Å². The summed E-state index contributed by atoms with van der Waals surface area (Å²) in [7, 11) is 1.75. The summed E-state index contributed by atoms with van der Waals surface area (Å²) < 4.78 is 33.5. The van der Waals surface area contributed by atoms with Crippen LogP contribution in [0, 0.1) is 17.8 Å². The maximum Gasteiger partial charge on any atom is 0.410 e. The Bertz CT molecular complexity index is 4170. The molecule has 9 aliphatic rings. The Morgan fingerprint density at radius 2 is 0.911 bits per heavy atom. The second-order valence-corrected chi connectivity index (χ2v) is 32.9. The highest BCUT2D eigenvalue weighted by atomic mass is 35.5. The van der Waals surface area contributed by atoms with Crippen LogP contribution in [0.3, 0.4) is 0 Å². The highest BCUT2D eigenvalue weighted by Gasteiger charge is 2.36. The Labute approximate surface area is 662 Å². The molecule has 6 atom stereocenters. The highest BCUT2D eigenvalue weighted by Crippen LogP contribution is 2.35. The van der Waals surface area contributed by atoms with E-state index in [4.69, 9.17) is 60.8 Å². The molecule has 6 aromatic rings. The first-order chi connectivity index (χ1) is 53.9. The van der Waals surface area contributed by atoms with E-state index in [1.165, 1.54) is 0 Å². The fourth-order valence-electron chi connectivity index (χ4n) is 15.8. The lowest BCUT2D eigenvalue weighted by molar-refractivity contribution is 0.0176. The summed E-state index contributed by atoms with van der Waals surface area (Å²) in [6.07, 6.45) is 20.2. The fourth-order valence-corrected chi connectivity index (χ4v) is 15.9. The monoisotopic (exact) mass is 1560 g/mol. The van der Waals surface area contributed by atoms with E-state index in [0.717, 1.165) is 163 Å². The minimum absolute atomic E-state index is 0.0245. The van der Waals surface area contributed by atoms with Crippen molar-refractivity contribution >= 4 is 70.9 Å². The average molecular weight is 1560 g/mol. The van der Waals surface area contributed by atoms with Crippen molar-refractivity contribution in [2.45, 2.75) is 205 Å². The Hall–Kier alpha value is -9.06. The van der Waals surface area contributed by atoms with Crippen LogP contribution in [-0.4, -0.2) is 213 Å². The molecule has 5 amide bonds. The number of nitrogens with zero attached hydrogens (tertiary/aromatic N) is 11. The third kappa shape index (κ3) is 22.4. The topological polar surface area (TPSA) is 337 Å². The van der Waals surface area contributed by atoms with E-state index < -0.39 is 17.3 Å². The summed E-state index contributed by atoms with van der Waals surface area (Å²) in [6.45, 7) is 19.0. The van der Waals surface area contributed by atoms with Gasteiger partial charge in [0, 0.05) is 114 Å². The third-order valence-electron chi connectivity index (χ3n) is 22.0. The molecule has 7 N–H and O–H groups in total. The van der Waals surface area contributed by atoms with Crippen LogP contribution in [0.5, 0.6) is 17.2 Å². The van der Waals surface area contributed by atoms with E-state index in [9.17, 15) is 29.1 Å². The summed E-state index contributed by atoms with van der Waals surface area (Å²) in [5.41, 5.74) is 9.38. The minimum Gasteiger partial charge on any atom is -0.493 e. The molecule has 3 aromatic carbocycles. The molecule has 604 valence electrons. The Kier molecular flexibility index (Phi) is 28.1. The predicted molar refractivity (Wildman–Crippen MR) is 427 cm³/mol. The molecular formula is C83H112ClN15O13. The van der Waals surface area contributed by atoms with Crippen molar-refractivity contribution in [1.82, 2.24) is 45.0 Å². The van der Waals surface area contributed by atoms with Gasteiger partial charge in [0.15, 0.2) is 0 Å². The van der Waals surface area contributed by atoms with Crippen molar-refractivity contribution in [3.8, 4) is 17.2 Å². The Balaban J connectivity index is 0.000000149. The molecule has 29 heteroatoms. The van der Waals surface area contributed by atoms with Gasteiger partial charge in [0.25, 0.3) is 17.7 Å². The van der Waals surface area contributed by atoms with Crippen molar-refractivity contribution in [3.63, 3.8) is 0 Å². The van der Waals surface area contributed by atoms with Gasteiger partial charge in [-0.1, -0.05) is 0 Å². The first kappa shape index (κ1) is 82.4. The number of aliphatic hydroxyl groups is 2. The van der Waals surface area contributed by atoms with Crippen molar-refractivity contribution < 1.29 is 62.6 Å². The largest absolute Gasteiger partial charge is 0.493 e. The molecule has 3 saturated heterocycles.